The molecule has 0 unspecified atom stereocenters. The van der Waals surface area contributed by atoms with E-state index in [1.54, 1.807) is 17.3 Å². The molecule has 0 aromatic carbocycles. The number of amides is 2. The van der Waals surface area contributed by atoms with E-state index in [2.05, 4.69) is 10.3 Å². The van der Waals surface area contributed by atoms with E-state index in [4.69, 9.17) is 14.6 Å². The molecule has 1 aromatic rings. The van der Waals surface area contributed by atoms with Crippen molar-refractivity contribution in [2.24, 2.45) is 0 Å². The minimum absolute atomic E-state index is 0.0341. The number of likely N-dealkylation sites (tertiary alicyclic amines) is 1. The Morgan fingerprint density at radius 2 is 1.91 bits per heavy atom. The fourth-order valence-electron chi connectivity index (χ4n) is 4.27. The maximum absolute atomic E-state index is 13.1. The first-order valence-electron chi connectivity index (χ1n) is 10.2. The summed E-state index contributed by atoms with van der Waals surface area (Å²) >= 11 is 0. The number of carboxylic acid groups (broad SMARTS) is 1. The summed E-state index contributed by atoms with van der Waals surface area (Å²) in [5.41, 5.74) is 0.0602. The van der Waals surface area contributed by atoms with E-state index in [-0.39, 0.29) is 24.7 Å². The van der Waals surface area contributed by atoms with Crippen molar-refractivity contribution in [2.45, 2.75) is 56.0 Å². The number of aliphatic carboxylic acids is 1. The third kappa shape index (κ3) is 5.38. The highest BCUT2D eigenvalue weighted by Crippen LogP contribution is 2.46. The number of hydrogen-bond donors (Lipinski definition) is 2. The molecule has 2 N–H and O–H groups in total. The third-order valence-electron chi connectivity index (χ3n) is 5.56. The van der Waals surface area contributed by atoms with Crippen LogP contribution in [0.15, 0.2) is 24.5 Å². The van der Waals surface area contributed by atoms with E-state index < -0.39 is 33.0 Å². The number of ether oxygens (including phenoxy) is 1. The summed E-state index contributed by atoms with van der Waals surface area (Å²) in [5.74, 6) is -2.76. The zero-order valence-corrected chi connectivity index (χ0v) is 18.8. The van der Waals surface area contributed by atoms with Crippen molar-refractivity contribution >= 4 is 22.0 Å². The molecule has 3 fully saturated rings. The lowest BCUT2D eigenvalue weighted by molar-refractivity contribution is -0.192. The number of nitrogens with one attached hydrogen (secondary N) is 1. The smallest absolute Gasteiger partial charge is 0.475 e. The quantitative estimate of drug-likeness (QED) is 0.646. The summed E-state index contributed by atoms with van der Waals surface area (Å²) < 4.78 is 65.5. The number of alkyl halides is 3. The van der Waals surface area contributed by atoms with Gasteiger partial charge in [0.05, 0.1) is 12.6 Å². The summed E-state index contributed by atoms with van der Waals surface area (Å²) in [7, 11) is -3.47. The molecule has 4 heterocycles. The number of halogens is 3. The molecule has 184 valence electrons. The van der Waals surface area contributed by atoms with Gasteiger partial charge in [-0.3, -0.25) is 4.98 Å². The van der Waals surface area contributed by atoms with Crippen LogP contribution in [0.5, 0.6) is 0 Å². The number of morpholine rings is 1. The fraction of sp³-hybridized carbons (Fsp3) is 0.632. The van der Waals surface area contributed by atoms with E-state index >= 15 is 0 Å². The molecule has 0 aliphatic carbocycles. The normalized spacial score (nSPS) is 28.1. The topological polar surface area (TPSA) is 129 Å². The molecule has 3 aliphatic rings. The van der Waals surface area contributed by atoms with Gasteiger partial charge in [-0.05, 0) is 38.0 Å². The van der Waals surface area contributed by atoms with Crippen molar-refractivity contribution in [1.29, 1.82) is 0 Å². The first-order chi connectivity index (χ1) is 15.2. The molecule has 1 aromatic heterocycles. The lowest BCUT2D eigenvalue weighted by Crippen LogP contribution is -2.58. The van der Waals surface area contributed by atoms with Crippen molar-refractivity contribution in [3.8, 4) is 0 Å². The first-order valence-corrected chi connectivity index (χ1v) is 11.7. The van der Waals surface area contributed by atoms with Gasteiger partial charge in [-0.2, -0.15) is 17.5 Å². The number of carbonyl (C=O) groups excluding carboxylic acids is 1. The van der Waals surface area contributed by atoms with Crippen LogP contribution in [0.25, 0.3) is 0 Å². The Hall–Kier alpha value is -2.45. The largest absolute Gasteiger partial charge is 0.490 e. The minimum Gasteiger partial charge on any atom is -0.475 e. The maximum atomic E-state index is 13.1. The van der Waals surface area contributed by atoms with Gasteiger partial charge in [-0.25, -0.2) is 18.0 Å². The zero-order chi connectivity index (χ0) is 24.6. The Kier molecular flexibility index (Phi) is 6.92. The van der Waals surface area contributed by atoms with Crippen LogP contribution in [0.1, 0.15) is 25.8 Å². The van der Waals surface area contributed by atoms with Gasteiger partial charge in [-0.1, -0.05) is 0 Å². The van der Waals surface area contributed by atoms with Crippen LogP contribution in [0.3, 0.4) is 0 Å². The molecule has 4 rings (SSSR count). The Morgan fingerprint density at radius 3 is 2.45 bits per heavy atom. The van der Waals surface area contributed by atoms with Crippen molar-refractivity contribution in [3.63, 3.8) is 0 Å². The molecule has 0 saturated carbocycles. The third-order valence-corrected chi connectivity index (χ3v) is 7.88. The van der Waals surface area contributed by atoms with Crippen LogP contribution in [0.2, 0.25) is 0 Å². The number of hydrogen-bond acceptors (Lipinski definition) is 6. The van der Waals surface area contributed by atoms with Crippen LogP contribution >= 0.6 is 0 Å². The Balaban J connectivity index is 0.000000383. The van der Waals surface area contributed by atoms with Gasteiger partial charge >= 0.3 is 18.2 Å². The summed E-state index contributed by atoms with van der Waals surface area (Å²) in [4.78, 5) is 27.0. The van der Waals surface area contributed by atoms with Crippen LogP contribution in [0, 0.1) is 0 Å². The lowest BCUT2D eigenvalue weighted by Gasteiger charge is -2.39. The number of carboxylic acids is 1. The maximum Gasteiger partial charge on any atom is 0.490 e. The van der Waals surface area contributed by atoms with Gasteiger partial charge in [0.25, 0.3) is 0 Å². The average Bonchev–Trinajstić information content (AvgIpc) is 3.07. The Morgan fingerprint density at radius 1 is 1.30 bits per heavy atom. The number of sulfonamides is 1. The predicted molar refractivity (Wildman–Crippen MR) is 109 cm³/mol. The monoisotopic (exact) mass is 494 g/mol. The van der Waals surface area contributed by atoms with E-state index in [1.165, 1.54) is 4.31 Å². The van der Waals surface area contributed by atoms with Gasteiger partial charge < -0.3 is 20.1 Å². The van der Waals surface area contributed by atoms with Crippen LogP contribution in [0.4, 0.5) is 18.0 Å². The molecule has 14 heteroatoms. The van der Waals surface area contributed by atoms with Gasteiger partial charge in [0.2, 0.25) is 10.0 Å². The van der Waals surface area contributed by atoms with Crippen molar-refractivity contribution in [1.82, 2.24) is 19.5 Å². The highest BCUT2D eigenvalue weighted by molar-refractivity contribution is 7.90. The molecule has 0 radical (unpaired) electrons. The van der Waals surface area contributed by atoms with Crippen LogP contribution in [-0.2, 0) is 26.1 Å². The number of fused-ring (bicyclic) bond motifs is 1. The number of rotatable bonds is 3. The summed E-state index contributed by atoms with van der Waals surface area (Å²) in [6.07, 6.45) is -1.55. The van der Waals surface area contributed by atoms with Crippen LogP contribution in [-0.4, -0.2) is 88.5 Å². The second-order valence-corrected chi connectivity index (χ2v) is 10.6. The molecule has 3 atom stereocenters. The van der Waals surface area contributed by atoms with E-state index in [9.17, 15) is 26.4 Å². The molecule has 3 saturated heterocycles. The molecular weight excluding hydrogens is 469 g/mol. The second-order valence-electron chi connectivity index (χ2n) is 8.49. The number of carbonyl (C=O) groups is 2. The number of pyridine rings is 1. The summed E-state index contributed by atoms with van der Waals surface area (Å²) in [5, 5.41) is 9.43. The number of aromatic nitrogens is 1. The number of nitrogens with zero attached hydrogens (tertiary/aromatic N) is 3. The first kappa shape index (κ1) is 25.2. The minimum atomic E-state index is -5.08. The lowest BCUT2D eigenvalue weighted by atomic mass is 9.99. The number of urea groups is 1. The standard InChI is InChI=1S/C17H24N4O4S.C2HF3O2/c1-12(2)19-16(22)20-9-14-7-15-17(10-20,25-14)11-21(26(15,23)24)8-13-3-5-18-6-4-13;3-2(4,5)1(6)7/h3-6,12,14-15H,7-11H2,1-2H3,(H,19,22);(H,6,7)/t14-,15+,17+;/m1./s1. The van der Waals surface area contributed by atoms with Crippen molar-refractivity contribution < 1.29 is 41.0 Å². The molecule has 33 heavy (non-hydrogen) atoms. The van der Waals surface area contributed by atoms with Gasteiger partial charge in [-0.15, -0.1) is 0 Å². The molecule has 10 nitrogen and oxygen atoms in total. The van der Waals surface area contributed by atoms with Gasteiger partial charge in [0, 0.05) is 38.1 Å². The molecule has 2 amide bonds. The van der Waals surface area contributed by atoms with Gasteiger partial charge in [0.1, 0.15) is 10.9 Å². The molecule has 2 bridgehead atoms. The SMILES string of the molecule is CC(C)NC(=O)N1C[C@H]2C[C@H]3[C@](C1)(CN(Cc1ccncc1)S3(=O)=O)O2.O=C(O)C(F)(F)F. The van der Waals surface area contributed by atoms with Crippen molar-refractivity contribution in [2.75, 3.05) is 19.6 Å². The molecule has 1 spiro atoms. The Labute approximate surface area is 188 Å². The van der Waals surface area contributed by atoms with Crippen LogP contribution < -0.4 is 5.32 Å². The summed E-state index contributed by atoms with van der Waals surface area (Å²) in [6, 6.07) is 3.51. The van der Waals surface area contributed by atoms with E-state index in [0.29, 0.717) is 26.1 Å². The van der Waals surface area contributed by atoms with E-state index in [1.807, 2.05) is 26.0 Å². The van der Waals surface area contributed by atoms with Crippen molar-refractivity contribution in [3.05, 3.63) is 30.1 Å². The molecular formula is C19H25F3N4O6S. The highest BCUT2D eigenvalue weighted by Gasteiger charge is 2.65. The average molecular weight is 494 g/mol. The zero-order valence-electron chi connectivity index (χ0n) is 17.9. The van der Waals surface area contributed by atoms with E-state index in [0.717, 1.165) is 5.56 Å². The Bertz CT molecular complexity index is 991. The highest BCUT2D eigenvalue weighted by atomic mass is 32.2. The molecule has 3 aliphatic heterocycles. The fourth-order valence-corrected chi connectivity index (χ4v) is 6.57. The van der Waals surface area contributed by atoms with Gasteiger partial charge in [0.15, 0.2) is 0 Å². The second kappa shape index (κ2) is 9.06. The summed E-state index contributed by atoms with van der Waals surface area (Å²) in [6.45, 7) is 5.14. The predicted octanol–water partition coefficient (Wildman–Crippen LogP) is 1.19.